The van der Waals surface area contributed by atoms with E-state index in [1.165, 1.54) is 42.5 Å². The highest BCUT2D eigenvalue weighted by Gasteiger charge is 2.21. The fourth-order valence-corrected chi connectivity index (χ4v) is 4.88. The molecule has 6 nitrogen and oxygen atoms in total. The molecule has 1 saturated carbocycles. The van der Waals surface area contributed by atoms with Gasteiger partial charge in [-0.15, -0.1) is 11.3 Å². The number of nitrogens with one attached hydrogen (secondary N) is 2. The standard InChI is InChI=1S/C22H36N4O2S/c1-2-23-22(24-12-6-15-28-19-7-4-3-5-8-19)25-13-9-21(27)26-14-10-20-18(17-26)11-16-29-20/h11,16,19H,2-10,12-15,17H2,1H3,(H2,23,24,25). The molecule has 1 amide bonds. The number of carbonyl (C=O) groups excluding carboxylic acids is 1. The van der Waals surface area contributed by atoms with Gasteiger partial charge in [0.15, 0.2) is 5.96 Å². The Balaban J connectivity index is 1.32. The molecular weight excluding hydrogens is 384 g/mol. The predicted molar refractivity (Wildman–Crippen MR) is 119 cm³/mol. The minimum Gasteiger partial charge on any atom is -0.378 e. The van der Waals surface area contributed by atoms with Gasteiger partial charge in [0.2, 0.25) is 5.91 Å². The number of hydrogen-bond acceptors (Lipinski definition) is 4. The smallest absolute Gasteiger partial charge is 0.224 e. The van der Waals surface area contributed by atoms with E-state index >= 15 is 0 Å². The molecule has 0 aromatic carbocycles. The van der Waals surface area contributed by atoms with E-state index < -0.39 is 0 Å². The van der Waals surface area contributed by atoms with Gasteiger partial charge in [-0.3, -0.25) is 9.79 Å². The SMILES string of the molecule is CCNC(=NCCCOC1CCCCC1)NCCC(=O)N1CCc2sccc2C1. The van der Waals surface area contributed by atoms with Crippen LogP contribution in [0, 0.1) is 0 Å². The topological polar surface area (TPSA) is 66.0 Å². The van der Waals surface area contributed by atoms with Crippen LogP contribution in [0.5, 0.6) is 0 Å². The maximum absolute atomic E-state index is 12.5. The van der Waals surface area contributed by atoms with E-state index in [1.54, 1.807) is 11.3 Å². The van der Waals surface area contributed by atoms with Gasteiger partial charge in [-0.05, 0) is 49.6 Å². The summed E-state index contributed by atoms with van der Waals surface area (Å²) in [5.74, 6) is 1.00. The maximum atomic E-state index is 12.5. The highest BCUT2D eigenvalue weighted by molar-refractivity contribution is 7.10. The number of aliphatic imine (C=N–C) groups is 1. The lowest BCUT2D eigenvalue weighted by molar-refractivity contribution is -0.131. The Kier molecular flexibility index (Phi) is 9.28. The molecule has 0 atom stereocenters. The van der Waals surface area contributed by atoms with Gasteiger partial charge in [0.1, 0.15) is 0 Å². The molecule has 1 aromatic rings. The summed E-state index contributed by atoms with van der Waals surface area (Å²) in [4.78, 5) is 20.6. The molecule has 0 radical (unpaired) electrons. The zero-order chi connectivity index (χ0) is 20.3. The fraction of sp³-hybridized carbons (Fsp3) is 0.727. The summed E-state index contributed by atoms with van der Waals surface area (Å²) >= 11 is 1.80. The van der Waals surface area contributed by atoms with Gasteiger partial charge in [0.25, 0.3) is 0 Å². The average molecular weight is 421 g/mol. The summed E-state index contributed by atoms with van der Waals surface area (Å²) in [6.45, 7) is 6.59. The van der Waals surface area contributed by atoms with Crippen molar-refractivity contribution in [2.24, 2.45) is 4.99 Å². The Morgan fingerprint density at radius 3 is 3.00 bits per heavy atom. The van der Waals surface area contributed by atoms with Gasteiger partial charge in [-0.25, -0.2) is 0 Å². The lowest BCUT2D eigenvalue weighted by atomic mass is 9.98. The number of fused-ring (bicyclic) bond motifs is 1. The first-order valence-corrected chi connectivity index (χ1v) is 12.1. The van der Waals surface area contributed by atoms with Crippen LogP contribution in [0.1, 0.15) is 62.3 Å². The van der Waals surface area contributed by atoms with Gasteiger partial charge in [0, 0.05) is 50.6 Å². The zero-order valence-corrected chi connectivity index (χ0v) is 18.6. The molecule has 0 spiro atoms. The first-order chi connectivity index (χ1) is 14.3. The van der Waals surface area contributed by atoms with Crippen LogP contribution < -0.4 is 10.6 Å². The highest BCUT2D eigenvalue weighted by Crippen LogP contribution is 2.24. The van der Waals surface area contributed by atoms with Crippen molar-refractivity contribution in [3.8, 4) is 0 Å². The van der Waals surface area contributed by atoms with Crippen LogP contribution in [0.4, 0.5) is 0 Å². The number of rotatable bonds is 9. The highest BCUT2D eigenvalue weighted by atomic mass is 32.1. The molecular formula is C22H36N4O2S. The van der Waals surface area contributed by atoms with E-state index in [-0.39, 0.29) is 5.91 Å². The lowest BCUT2D eigenvalue weighted by Gasteiger charge is -2.27. The number of ether oxygens (including phenoxy) is 1. The van der Waals surface area contributed by atoms with Crippen molar-refractivity contribution in [3.05, 3.63) is 21.9 Å². The molecule has 1 fully saturated rings. The van der Waals surface area contributed by atoms with E-state index in [0.29, 0.717) is 19.1 Å². The van der Waals surface area contributed by atoms with Crippen LogP contribution in [-0.2, 0) is 22.5 Å². The third kappa shape index (κ3) is 7.30. The average Bonchev–Trinajstić information content (AvgIpc) is 3.22. The third-order valence-electron chi connectivity index (χ3n) is 5.61. The Morgan fingerprint density at radius 1 is 1.31 bits per heavy atom. The van der Waals surface area contributed by atoms with Crippen LogP contribution in [0.25, 0.3) is 0 Å². The van der Waals surface area contributed by atoms with Crippen molar-refractivity contribution in [1.29, 1.82) is 0 Å². The fourth-order valence-electron chi connectivity index (χ4n) is 3.99. The van der Waals surface area contributed by atoms with Gasteiger partial charge in [-0.1, -0.05) is 19.3 Å². The van der Waals surface area contributed by atoms with Gasteiger partial charge in [0.05, 0.1) is 6.10 Å². The molecule has 0 saturated heterocycles. The summed E-state index contributed by atoms with van der Waals surface area (Å²) in [5.41, 5.74) is 1.31. The molecule has 1 aliphatic heterocycles. The molecule has 1 aromatic heterocycles. The van der Waals surface area contributed by atoms with Crippen molar-refractivity contribution >= 4 is 23.2 Å². The van der Waals surface area contributed by atoms with Crippen molar-refractivity contribution in [1.82, 2.24) is 15.5 Å². The molecule has 0 bridgehead atoms. The number of carbonyl (C=O) groups is 1. The molecule has 0 unspecified atom stereocenters. The lowest BCUT2D eigenvalue weighted by Crippen LogP contribution is -2.41. The van der Waals surface area contributed by atoms with E-state index in [9.17, 15) is 4.79 Å². The number of hydrogen-bond donors (Lipinski definition) is 2. The Bertz CT molecular complexity index is 655. The first-order valence-electron chi connectivity index (χ1n) is 11.2. The van der Waals surface area contributed by atoms with Gasteiger partial charge in [-0.2, -0.15) is 0 Å². The van der Waals surface area contributed by atoms with Crippen molar-refractivity contribution < 1.29 is 9.53 Å². The summed E-state index contributed by atoms with van der Waals surface area (Å²) < 4.78 is 5.96. The summed E-state index contributed by atoms with van der Waals surface area (Å²) in [7, 11) is 0. The van der Waals surface area contributed by atoms with Crippen LogP contribution >= 0.6 is 11.3 Å². The number of thiophene rings is 1. The molecule has 3 rings (SSSR count). The summed E-state index contributed by atoms with van der Waals surface area (Å²) in [5, 5.41) is 8.68. The predicted octanol–water partition coefficient (Wildman–Crippen LogP) is 3.32. The van der Waals surface area contributed by atoms with Crippen LogP contribution in [0.15, 0.2) is 16.4 Å². The largest absolute Gasteiger partial charge is 0.378 e. The molecule has 162 valence electrons. The van der Waals surface area contributed by atoms with E-state index in [0.717, 1.165) is 51.6 Å². The maximum Gasteiger partial charge on any atom is 0.224 e. The molecule has 29 heavy (non-hydrogen) atoms. The minimum atomic E-state index is 0.214. The summed E-state index contributed by atoms with van der Waals surface area (Å²) in [6, 6.07) is 2.14. The number of amides is 1. The van der Waals surface area contributed by atoms with Gasteiger partial charge < -0.3 is 20.3 Å². The van der Waals surface area contributed by atoms with Crippen molar-refractivity contribution in [3.63, 3.8) is 0 Å². The molecule has 2 heterocycles. The monoisotopic (exact) mass is 420 g/mol. The second kappa shape index (κ2) is 12.2. The van der Waals surface area contributed by atoms with Crippen LogP contribution in [0.2, 0.25) is 0 Å². The first kappa shape index (κ1) is 22.1. The molecule has 2 aliphatic rings. The van der Waals surface area contributed by atoms with Crippen molar-refractivity contribution in [2.75, 3.05) is 32.8 Å². The summed E-state index contributed by atoms with van der Waals surface area (Å²) in [6.07, 6.45) is 9.28. The molecule has 2 N–H and O–H groups in total. The van der Waals surface area contributed by atoms with E-state index in [1.807, 2.05) is 4.90 Å². The van der Waals surface area contributed by atoms with E-state index in [2.05, 4.69) is 34.0 Å². The van der Waals surface area contributed by atoms with Crippen molar-refractivity contribution in [2.45, 2.75) is 70.9 Å². The number of nitrogens with zero attached hydrogens (tertiary/aromatic N) is 2. The second-order valence-electron chi connectivity index (χ2n) is 7.86. The minimum absolute atomic E-state index is 0.214. The normalized spacial score (nSPS) is 17.8. The third-order valence-corrected chi connectivity index (χ3v) is 6.64. The Labute approximate surface area is 179 Å². The van der Waals surface area contributed by atoms with Crippen LogP contribution in [-0.4, -0.2) is 55.7 Å². The number of guanidine groups is 1. The Hall–Kier alpha value is -1.60. The quantitative estimate of drug-likeness (QED) is 0.365. The second-order valence-corrected chi connectivity index (χ2v) is 8.86. The zero-order valence-electron chi connectivity index (χ0n) is 17.8. The molecule has 1 aliphatic carbocycles. The Morgan fingerprint density at radius 2 is 2.17 bits per heavy atom. The van der Waals surface area contributed by atoms with Crippen LogP contribution in [0.3, 0.4) is 0 Å². The molecule has 7 heteroatoms. The van der Waals surface area contributed by atoms with Gasteiger partial charge >= 0.3 is 0 Å². The van der Waals surface area contributed by atoms with E-state index in [4.69, 9.17) is 4.74 Å².